The summed E-state index contributed by atoms with van der Waals surface area (Å²) in [4.78, 5) is 15.3. The van der Waals surface area contributed by atoms with Gasteiger partial charge in [0, 0.05) is 21.9 Å². The van der Waals surface area contributed by atoms with Gasteiger partial charge in [0.15, 0.2) is 0 Å². The zero-order chi connectivity index (χ0) is 11.1. The number of pyridine rings is 1. The van der Waals surface area contributed by atoms with E-state index in [9.17, 15) is 4.79 Å². The van der Waals surface area contributed by atoms with Gasteiger partial charge in [0.1, 0.15) is 0 Å². The van der Waals surface area contributed by atoms with Crippen molar-refractivity contribution in [1.29, 1.82) is 0 Å². The average Bonchev–Trinajstić information content (AvgIpc) is 2.26. The Morgan fingerprint density at radius 3 is 2.81 bits per heavy atom. The Labute approximate surface area is 95.3 Å². The van der Waals surface area contributed by atoms with Gasteiger partial charge >= 0.3 is 5.63 Å². The van der Waals surface area contributed by atoms with Crippen LogP contribution in [0.15, 0.2) is 45.6 Å². The maximum absolute atomic E-state index is 11.0. The lowest BCUT2D eigenvalue weighted by molar-refractivity contribution is 0.551. The van der Waals surface area contributed by atoms with Crippen molar-refractivity contribution in [3.8, 4) is 0 Å². The third kappa shape index (κ3) is 1.46. The zero-order valence-electron chi connectivity index (χ0n) is 8.11. The van der Waals surface area contributed by atoms with Gasteiger partial charge in [0.2, 0.25) is 5.71 Å². The van der Waals surface area contributed by atoms with Crippen LogP contribution in [-0.4, -0.2) is 4.98 Å². The van der Waals surface area contributed by atoms with E-state index in [2.05, 4.69) is 4.98 Å². The zero-order valence-corrected chi connectivity index (χ0v) is 8.86. The highest BCUT2D eigenvalue weighted by Gasteiger charge is 2.02. The molecule has 3 rings (SSSR count). The highest BCUT2D eigenvalue weighted by molar-refractivity contribution is 6.31. The number of hydrogen-bond acceptors (Lipinski definition) is 3. The largest absolute Gasteiger partial charge is 0.404 e. The Bertz CT molecular complexity index is 749. The first kappa shape index (κ1) is 9.36. The highest BCUT2D eigenvalue weighted by Crippen LogP contribution is 2.21. The second kappa shape index (κ2) is 3.32. The molecule has 1 aromatic carbocycles. The number of fused-ring (bicyclic) bond motifs is 2. The van der Waals surface area contributed by atoms with Crippen LogP contribution in [0.4, 0.5) is 0 Å². The van der Waals surface area contributed by atoms with Crippen molar-refractivity contribution >= 4 is 33.6 Å². The SMILES string of the molecule is O=c1ccc2cc3cc(Cl)ccc3nc2o1. The van der Waals surface area contributed by atoms with Crippen LogP contribution in [0.2, 0.25) is 5.02 Å². The quantitative estimate of drug-likeness (QED) is 0.559. The lowest BCUT2D eigenvalue weighted by Crippen LogP contribution is -1.95. The van der Waals surface area contributed by atoms with Crippen molar-refractivity contribution in [2.24, 2.45) is 0 Å². The molecule has 0 atom stereocenters. The Hall–Kier alpha value is -1.87. The topological polar surface area (TPSA) is 43.1 Å². The van der Waals surface area contributed by atoms with Crippen LogP contribution < -0.4 is 5.63 Å². The smallest absolute Gasteiger partial charge is 0.337 e. The molecule has 2 aromatic heterocycles. The Morgan fingerprint density at radius 2 is 1.94 bits per heavy atom. The van der Waals surface area contributed by atoms with Crippen LogP contribution >= 0.6 is 11.6 Å². The van der Waals surface area contributed by atoms with E-state index in [1.54, 1.807) is 18.2 Å². The second-order valence-electron chi connectivity index (χ2n) is 3.47. The van der Waals surface area contributed by atoms with Crippen molar-refractivity contribution in [3.05, 3.63) is 51.8 Å². The minimum atomic E-state index is -0.395. The third-order valence-electron chi connectivity index (χ3n) is 2.37. The molecule has 0 aliphatic carbocycles. The minimum absolute atomic E-state index is 0.349. The molecule has 78 valence electrons. The van der Waals surface area contributed by atoms with Crippen LogP contribution in [-0.2, 0) is 0 Å². The molecule has 16 heavy (non-hydrogen) atoms. The van der Waals surface area contributed by atoms with E-state index in [0.717, 1.165) is 16.3 Å². The van der Waals surface area contributed by atoms with Gasteiger partial charge in [0.25, 0.3) is 0 Å². The second-order valence-corrected chi connectivity index (χ2v) is 3.91. The molecule has 0 saturated carbocycles. The molecular formula is C12H6ClNO2. The lowest BCUT2D eigenvalue weighted by Gasteiger charge is -2.00. The molecular weight excluding hydrogens is 226 g/mol. The molecule has 0 unspecified atom stereocenters. The summed E-state index contributed by atoms with van der Waals surface area (Å²) in [5, 5.41) is 2.37. The van der Waals surface area contributed by atoms with Crippen LogP contribution in [0.3, 0.4) is 0 Å². The van der Waals surface area contributed by atoms with E-state index in [1.807, 2.05) is 12.1 Å². The van der Waals surface area contributed by atoms with Crippen LogP contribution in [0.1, 0.15) is 0 Å². The third-order valence-corrected chi connectivity index (χ3v) is 2.60. The fraction of sp³-hybridized carbons (Fsp3) is 0. The summed E-state index contributed by atoms with van der Waals surface area (Å²) in [6.07, 6.45) is 0. The van der Waals surface area contributed by atoms with Gasteiger partial charge in [-0.25, -0.2) is 9.78 Å². The van der Waals surface area contributed by atoms with Crippen molar-refractivity contribution < 1.29 is 4.42 Å². The van der Waals surface area contributed by atoms with Gasteiger partial charge < -0.3 is 4.42 Å². The van der Waals surface area contributed by atoms with Crippen molar-refractivity contribution in [3.63, 3.8) is 0 Å². The van der Waals surface area contributed by atoms with Crippen molar-refractivity contribution in [1.82, 2.24) is 4.98 Å². The molecule has 0 aliphatic rings. The average molecular weight is 232 g/mol. The molecule has 0 aliphatic heterocycles. The Kier molecular flexibility index (Phi) is 1.94. The van der Waals surface area contributed by atoms with Gasteiger partial charge in [-0.2, -0.15) is 0 Å². The summed E-state index contributed by atoms with van der Waals surface area (Å²) in [6, 6.07) is 10.3. The molecule has 0 amide bonds. The fourth-order valence-electron chi connectivity index (χ4n) is 1.63. The normalized spacial score (nSPS) is 11.1. The van der Waals surface area contributed by atoms with Gasteiger partial charge in [-0.05, 0) is 30.3 Å². The molecule has 2 heterocycles. The van der Waals surface area contributed by atoms with E-state index in [1.165, 1.54) is 6.07 Å². The predicted octanol–water partition coefficient (Wildman–Crippen LogP) is 2.99. The van der Waals surface area contributed by atoms with E-state index in [-0.39, 0.29) is 0 Å². The first-order chi connectivity index (χ1) is 7.72. The van der Waals surface area contributed by atoms with E-state index < -0.39 is 5.63 Å². The van der Waals surface area contributed by atoms with E-state index >= 15 is 0 Å². The molecule has 0 spiro atoms. The summed E-state index contributed by atoms with van der Waals surface area (Å²) in [6.45, 7) is 0. The molecule has 0 bridgehead atoms. The van der Waals surface area contributed by atoms with Gasteiger partial charge in [-0.1, -0.05) is 11.6 Å². The fourth-order valence-corrected chi connectivity index (χ4v) is 1.81. The van der Waals surface area contributed by atoms with Gasteiger partial charge in [0.05, 0.1) is 5.52 Å². The number of halogens is 1. The van der Waals surface area contributed by atoms with Gasteiger partial charge in [-0.3, -0.25) is 0 Å². The Morgan fingerprint density at radius 1 is 1.06 bits per heavy atom. The minimum Gasteiger partial charge on any atom is -0.404 e. The molecule has 0 radical (unpaired) electrons. The highest BCUT2D eigenvalue weighted by atomic mass is 35.5. The van der Waals surface area contributed by atoms with Gasteiger partial charge in [-0.15, -0.1) is 0 Å². The summed E-state index contributed by atoms with van der Waals surface area (Å²) in [7, 11) is 0. The monoisotopic (exact) mass is 231 g/mol. The molecule has 0 N–H and O–H groups in total. The molecule has 0 fully saturated rings. The van der Waals surface area contributed by atoms with Crippen molar-refractivity contribution in [2.45, 2.75) is 0 Å². The molecule has 3 nitrogen and oxygen atoms in total. The van der Waals surface area contributed by atoms with Crippen molar-refractivity contribution in [2.75, 3.05) is 0 Å². The summed E-state index contributed by atoms with van der Waals surface area (Å²) in [5.74, 6) is 0. The first-order valence-corrected chi connectivity index (χ1v) is 5.10. The number of hydrogen-bond donors (Lipinski definition) is 0. The van der Waals surface area contributed by atoms with E-state index in [4.69, 9.17) is 16.0 Å². The maximum Gasteiger partial charge on any atom is 0.337 e. The standard InChI is InChI=1S/C12H6ClNO2/c13-9-2-3-10-8(6-9)5-7-1-4-11(15)16-12(7)14-10/h1-6H. The molecule has 3 aromatic rings. The van der Waals surface area contributed by atoms with Crippen LogP contribution in [0, 0.1) is 0 Å². The Balaban J connectivity index is 2.48. The summed E-state index contributed by atoms with van der Waals surface area (Å²) in [5.41, 5.74) is 0.710. The van der Waals surface area contributed by atoms with Crippen LogP contribution in [0.25, 0.3) is 22.0 Å². The number of rotatable bonds is 0. The van der Waals surface area contributed by atoms with Crippen LogP contribution in [0.5, 0.6) is 0 Å². The number of nitrogens with zero attached hydrogens (tertiary/aromatic N) is 1. The number of benzene rings is 1. The summed E-state index contributed by atoms with van der Waals surface area (Å²) < 4.78 is 5.00. The predicted molar refractivity (Wildman–Crippen MR) is 62.8 cm³/mol. The summed E-state index contributed by atoms with van der Waals surface area (Å²) >= 11 is 5.89. The van der Waals surface area contributed by atoms with E-state index in [0.29, 0.717) is 10.7 Å². The first-order valence-electron chi connectivity index (χ1n) is 4.72. The lowest BCUT2D eigenvalue weighted by atomic mass is 10.2. The molecule has 4 heteroatoms. The number of aromatic nitrogens is 1. The molecule has 0 saturated heterocycles. The maximum atomic E-state index is 11.0.